The molecule has 3 saturated heterocycles. The van der Waals surface area contributed by atoms with E-state index >= 15 is 0 Å². The summed E-state index contributed by atoms with van der Waals surface area (Å²) in [5.41, 5.74) is -1.84. The number of amides is 2. The predicted octanol–water partition coefficient (Wildman–Crippen LogP) is 2.85. The summed E-state index contributed by atoms with van der Waals surface area (Å²) < 4.78 is 12.2. The van der Waals surface area contributed by atoms with Crippen molar-refractivity contribution in [2.75, 3.05) is 32.8 Å². The number of hydrogen-bond donors (Lipinski definition) is 1. The number of likely N-dealkylation sites (tertiary alicyclic amines) is 1. The van der Waals surface area contributed by atoms with Gasteiger partial charge in [0, 0.05) is 26.2 Å². The average Bonchev–Trinajstić information content (AvgIpc) is 3.46. The molecule has 196 valence electrons. The number of ether oxygens (including phenoxy) is 2. The van der Waals surface area contributed by atoms with Crippen LogP contribution in [0.25, 0.3) is 0 Å². The van der Waals surface area contributed by atoms with Crippen molar-refractivity contribution < 1.29 is 29.0 Å². The molecule has 0 saturated carbocycles. The minimum absolute atomic E-state index is 0.0698. The molecule has 2 unspecified atom stereocenters. The Morgan fingerprint density at radius 1 is 1.20 bits per heavy atom. The van der Waals surface area contributed by atoms with E-state index in [2.05, 4.69) is 20.1 Å². The SMILES string of the molecule is C=CCOC(=O)[C@@H]1[C@H]2C(=O)N(CCCCCO)C(C(=O)N(CC=C)CCCC)C23CC[C@@]1(CC)O3. The number of hydrogen-bond acceptors (Lipinski definition) is 6. The lowest BCUT2D eigenvalue weighted by molar-refractivity contribution is -0.161. The molecule has 0 aliphatic carbocycles. The number of aliphatic hydroxyl groups is 1. The molecule has 8 nitrogen and oxygen atoms in total. The average molecular weight is 491 g/mol. The normalized spacial score (nSPS) is 30.9. The fraction of sp³-hybridized carbons (Fsp3) is 0.741. The molecule has 3 aliphatic rings. The van der Waals surface area contributed by atoms with Crippen molar-refractivity contribution >= 4 is 17.8 Å². The first-order valence-corrected chi connectivity index (χ1v) is 13.2. The molecule has 3 aliphatic heterocycles. The highest BCUT2D eigenvalue weighted by molar-refractivity contribution is 5.98. The topological polar surface area (TPSA) is 96.4 Å². The lowest BCUT2D eigenvalue weighted by Crippen LogP contribution is -2.56. The first-order valence-electron chi connectivity index (χ1n) is 13.2. The predicted molar refractivity (Wildman–Crippen MR) is 132 cm³/mol. The standard InChI is InChI=1S/C27H42N2O6/c1-5-9-16-28(15-6-2)24(32)22-27-14-13-26(8-4,35-27)21(25(33)34-19-7-3)20(27)23(31)29(22)17-11-10-12-18-30/h6-7,20-22,30H,2-3,5,8-19H2,1,4H3/t20-,21-,22?,26+,27?/m0/s1. The lowest BCUT2D eigenvalue weighted by atomic mass is 9.65. The maximum Gasteiger partial charge on any atom is 0.313 e. The highest BCUT2D eigenvalue weighted by Crippen LogP contribution is 2.64. The Hall–Kier alpha value is -2.19. The molecule has 2 amide bonds. The molecule has 3 heterocycles. The van der Waals surface area contributed by atoms with Crippen LogP contribution < -0.4 is 0 Å². The first kappa shape index (κ1) is 27.4. The number of aliphatic hydroxyl groups excluding tert-OH is 1. The zero-order valence-corrected chi connectivity index (χ0v) is 21.4. The second-order valence-corrected chi connectivity index (χ2v) is 9.99. The zero-order chi connectivity index (χ0) is 25.6. The Bertz CT molecular complexity index is 815. The Morgan fingerprint density at radius 3 is 2.60 bits per heavy atom. The molecule has 3 rings (SSSR count). The van der Waals surface area contributed by atoms with Crippen molar-refractivity contribution in [2.24, 2.45) is 11.8 Å². The maximum atomic E-state index is 14.1. The van der Waals surface area contributed by atoms with Gasteiger partial charge in [0.15, 0.2) is 0 Å². The molecular formula is C27H42N2O6. The number of unbranched alkanes of at least 4 members (excludes halogenated alkanes) is 3. The lowest BCUT2D eigenvalue weighted by Gasteiger charge is -2.37. The third-order valence-corrected chi connectivity index (χ3v) is 8.01. The second kappa shape index (κ2) is 11.7. The number of carbonyl (C=O) groups is 3. The monoisotopic (exact) mass is 490 g/mol. The van der Waals surface area contributed by atoms with Crippen LogP contribution in [0.15, 0.2) is 25.3 Å². The Balaban J connectivity index is 2.01. The Kier molecular flexibility index (Phi) is 9.16. The molecule has 5 atom stereocenters. The molecule has 0 aromatic heterocycles. The van der Waals surface area contributed by atoms with Crippen LogP contribution in [0, 0.1) is 11.8 Å². The number of nitrogens with zero attached hydrogens (tertiary/aromatic N) is 2. The van der Waals surface area contributed by atoms with Crippen molar-refractivity contribution in [1.82, 2.24) is 9.80 Å². The summed E-state index contributed by atoms with van der Waals surface area (Å²) in [6.07, 6.45) is 8.80. The summed E-state index contributed by atoms with van der Waals surface area (Å²) in [5.74, 6) is -2.26. The van der Waals surface area contributed by atoms with Gasteiger partial charge in [0.1, 0.15) is 24.2 Å². The molecule has 2 bridgehead atoms. The molecule has 1 spiro atoms. The van der Waals surface area contributed by atoms with E-state index in [1.807, 2.05) is 6.92 Å². The smallest absolute Gasteiger partial charge is 0.313 e. The molecule has 35 heavy (non-hydrogen) atoms. The molecule has 8 heteroatoms. The van der Waals surface area contributed by atoms with Crippen LogP contribution in [0.1, 0.15) is 65.2 Å². The number of esters is 1. The highest BCUT2D eigenvalue weighted by Gasteiger charge is 2.79. The van der Waals surface area contributed by atoms with Gasteiger partial charge < -0.3 is 24.4 Å². The van der Waals surface area contributed by atoms with Crippen molar-refractivity contribution in [1.29, 1.82) is 0 Å². The summed E-state index contributed by atoms with van der Waals surface area (Å²) >= 11 is 0. The van der Waals surface area contributed by atoms with Crippen molar-refractivity contribution in [3.8, 4) is 0 Å². The van der Waals surface area contributed by atoms with E-state index in [9.17, 15) is 19.5 Å². The van der Waals surface area contributed by atoms with Crippen molar-refractivity contribution in [3.05, 3.63) is 25.3 Å². The van der Waals surface area contributed by atoms with Crippen LogP contribution >= 0.6 is 0 Å². The third kappa shape index (κ3) is 4.79. The maximum absolute atomic E-state index is 14.1. The fourth-order valence-electron chi connectivity index (χ4n) is 6.37. The Morgan fingerprint density at radius 2 is 1.97 bits per heavy atom. The van der Waals surface area contributed by atoms with Gasteiger partial charge in [-0.1, -0.05) is 39.0 Å². The van der Waals surface area contributed by atoms with Gasteiger partial charge in [0.05, 0.1) is 11.5 Å². The van der Waals surface area contributed by atoms with Gasteiger partial charge in [-0.2, -0.15) is 0 Å². The molecule has 0 aromatic rings. The molecule has 1 N–H and O–H groups in total. The van der Waals surface area contributed by atoms with Gasteiger partial charge in [-0.15, -0.1) is 6.58 Å². The van der Waals surface area contributed by atoms with E-state index < -0.39 is 35.0 Å². The van der Waals surface area contributed by atoms with E-state index in [1.165, 1.54) is 6.08 Å². The van der Waals surface area contributed by atoms with E-state index in [4.69, 9.17) is 9.47 Å². The quantitative estimate of drug-likeness (QED) is 0.215. The minimum atomic E-state index is -1.04. The van der Waals surface area contributed by atoms with E-state index in [1.54, 1.807) is 15.9 Å². The summed E-state index contributed by atoms with van der Waals surface area (Å²) in [4.78, 5) is 44.7. The van der Waals surface area contributed by atoms with Crippen molar-refractivity contribution in [2.45, 2.75) is 82.5 Å². The van der Waals surface area contributed by atoms with Gasteiger partial charge in [-0.3, -0.25) is 14.4 Å². The largest absolute Gasteiger partial charge is 0.461 e. The molecule has 3 fully saturated rings. The van der Waals surface area contributed by atoms with Gasteiger partial charge in [0.25, 0.3) is 0 Å². The van der Waals surface area contributed by atoms with Crippen LogP contribution in [0.2, 0.25) is 0 Å². The van der Waals surface area contributed by atoms with Gasteiger partial charge in [-0.25, -0.2) is 0 Å². The summed E-state index contributed by atoms with van der Waals surface area (Å²) in [5, 5.41) is 9.17. The van der Waals surface area contributed by atoms with Crippen LogP contribution in [0.5, 0.6) is 0 Å². The van der Waals surface area contributed by atoms with Crippen molar-refractivity contribution in [3.63, 3.8) is 0 Å². The number of fused-ring (bicyclic) bond motifs is 1. The number of rotatable bonds is 15. The van der Waals surface area contributed by atoms with E-state index in [0.29, 0.717) is 51.7 Å². The Labute approximate surface area is 209 Å². The van der Waals surface area contributed by atoms with Crippen LogP contribution in [0.3, 0.4) is 0 Å². The van der Waals surface area contributed by atoms with E-state index in [0.717, 1.165) is 19.3 Å². The second-order valence-electron chi connectivity index (χ2n) is 9.99. The molecular weight excluding hydrogens is 448 g/mol. The summed E-state index contributed by atoms with van der Waals surface area (Å²) in [6, 6.07) is -0.781. The minimum Gasteiger partial charge on any atom is -0.461 e. The third-order valence-electron chi connectivity index (χ3n) is 8.01. The zero-order valence-electron chi connectivity index (χ0n) is 21.4. The van der Waals surface area contributed by atoms with Gasteiger partial charge in [-0.05, 0) is 44.9 Å². The molecule has 0 aromatic carbocycles. The summed E-state index contributed by atoms with van der Waals surface area (Å²) in [6.45, 7) is 13.0. The van der Waals surface area contributed by atoms with Gasteiger partial charge in [0.2, 0.25) is 11.8 Å². The fourth-order valence-corrected chi connectivity index (χ4v) is 6.37. The highest BCUT2D eigenvalue weighted by atomic mass is 16.6. The molecule has 0 radical (unpaired) electrons. The van der Waals surface area contributed by atoms with Crippen LogP contribution in [0.4, 0.5) is 0 Å². The number of carbonyl (C=O) groups excluding carboxylic acids is 3. The summed E-state index contributed by atoms with van der Waals surface area (Å²) in [7, 11) is 0. The van der Waals surface area contributed by atoms with Crippen LogP contribution in [-0.4, -0.2) is 82.8 Å². The first-order chi connectivity index (χ1) is 16.9. The van der Waals surface area contributed by atoms with E-state index in [-0.39, 0.29) is 25.0 Å². The van der Waals surface area contributed by atoms with Crippen LogP contribution in [-0.2, 0) is 23.9 Å². The van der Waals surface area contributed by atoms with Gasteiger partial charge >= 0.3 is 5.97 Å².